The molecule has 2 nitrogen and oxygen atoms in total. The van der Waals surface area contributed by atoms with Crippen LogP contribution < -0.4 is 5.32 Å². The summed E-state index contributed by atoms with van der Waals surface area (Å²) in [6.07, 6.45) is 1.19. The van der Waals surface area contributed by atoms with Crippen LogP contribution in [0.25, 0.3) is 0 Å². The van der Waals surface area contributed by atoms with Crippen molar-refractivity contribution in [2.75, 3.05) is 13.1 Å². The standard InChI is InChI=1S/C15H16Cl2F2INO/c16-11-3-2-10(8-12(11)17)13(22)14(6-7-21-9-14)4-1-5-15(18,19)20/h2-3,8,21H,1,4-7,9H2. The highest BCUT2D eigenvalue weighted by Gasteiger charge is 2.41. The molecule has 1 saturated heterocycles. The molecule has 0 amide bonds. The fourth-order valence-corrected chi connectivity index (χ4v) is 3.51. The van der Waals surface area contributed by atoms with Gasteiger partial charge in [-0.2, -0.15) is 8.78 Å². The predicted octanol–water partition coefficient (Wildman–Crippen LogP) is 5.35. The molecule has 1 aromatic carbocycles. The monoisotopic (exact) mass is 461 g/mol. The average molecular weight is 462 g/mol. The Balaban J connectivity index is 2.15. The van der Waals surface area contributed by atoms with Crippen molar-refractivity contribution in [1.82, 2.24) is 5.32 Å². The van der Waals surface area contributed by atoms with E-state index in [1.165, 1.54) is 0 Å². The van der Waals surface area contributed by atoms with Crippen LogP contribution in [0.5, 0.6) is 0 Å². The Labute approximate surface area is 152 Å². The molecule has 1 atom stereocenters. The number of ketones is 1. The highest BCUT2D eigenvalue weighted by Crippen LogP contribution is 2.39. The molecule has 1 N–H and O–H groups in total. The lowest BCUT2D eigenvalue weighted by molar-refractivity contribution is 0.0760. The number of alkyl halides is 3. The SMILES string of the molecule is O=C(c1ccc(Cl)c(Cl)c1)C1(CCCC(F)(F)I)CCNC1. The van der Waals surface area contributed by atoms with Gasteiger partial charge in [0, 0.05) is 23.9 Å². The summed E-state index contributed by atoms with van der Waals surface area (Å²) < 4.78 is 23.3. The van der Waals surface area contributed by atoms with E-state index in [-0.39, 0.29) is 12.2 Å². The summed E-state index contributed by atoms with van der Waals surface area (Å²) in [6, 6.07) is 4.79. The molecule has 0 spiro atoms. The fraction of sp³-hybridized carbons (Fsp3) is 0.533. The first-order chi connectivity index (χ1) is 10.2. The molecule has 122 valence electrons. The van der Waals surface area contributed by atoms with Gasteiger partial charge in [0.25, 0.3) is 3.93 Å². The van der Waals surface area contributed by atoms with Gasteiger partial charge in [-0.15, -0.1) is 0 Å². The van der Waals surface area contributed by atoms with E-state index in [0.29, 0.717) is 48.0 Å². The smallest absolute Gasteiger partial charge is 0.296 e. The van der Waals surface area contributed by atoms with Gasteiger partial charge in [-0.3, -0.25) is 4.79 Å². The molecule has 0 bridgehead atoms. The first-order valence-electron chi connectivity index (χ1n) is 7.01. The summed E-state index contributed by atoms with van der Waals surface area (Å²) in [7, 11) is 0. The van der Waals surface area contributed by atoms with Gasteiger partial charge in [0.05, 0.1) is 10.0 Å². The van der Waals surface area contributed by atoms with Crippen molar-refractivity contribution in [3.8, 4) is 0 Å². The third kappa shape index (κ3) is 4.52. The van der Waals surface area contributed by atoms with Gasteiger partial charge in [-0.1, -0.05) is 23.2 Å². The van der Waals surface area contributed by atoms with Crippen molar-refractivity contribution < 1.29 is 13.6 Å². The lowest BCUT2D eigenvalue weighted by Gasteiger charge is -2.27. The summed E-state index contributed by atoms with van der Waals surface area (Å²) >= 11 is 13.0. The molecular weight excluding hydrogens is 446 g/mol. The molecule has 1 aliphatic rings. The zero-order chi connectivity index (χ0) is 16.4. The maximum Gasteiger partial charge on any atom is 0.296 e. The number of carbonyl (C=O) groups is 1. The minimum Gasteiger partial charge on any atom is -0.316 e. The topological polar surface area (TPSA) is 29.1 Å². The number of hydrogen-bond acceptors (Lipinski definition) is 2. The van der Waals surface area contributed by atoms with E-state index < -0.39 is 9.34 Å². The number of Topliss-reactive ketones (excluding diaryl/α,β-unsaturated/α-hetero) is 1. The summed E-state index contributed by atoms with van der Waals surface area (Å²) in [4.78, 5) is 12.9. The molecule has 1 aliphatic heterocycles. The van der Waals surface area contributed by atoms with Crippen molar-refractivity contribution in [2.24, 2.45) is 5.41 Å². The number of halogens is 5. The quantitative estimate of drug-likeness (QED) is 0.351. The molecule has 2 rings (SSSR count). The second kappa shape index (κ2) is 7.28. The van der Waals surface area contributed by atoms with Gasteiger partial charge in [0.2, 0.25) is 0 Å². The number of rotatable bonds is 6. The average Bonchev–Trinajstić information content (AvgIpc) is 2.89. The van der Waals surface area contributed by atoms with E-state index in [4.69, 9.17) is 23.2 Å². The Bertz CT molecular complexity index is 557. The van der Waals surface area contributed by atoms with Crippen molar-refractivity contribution in [1.29, 1.82) is 0 Å². The molecule has 22 heavy (non-hydrogen) atoms. The molecule has 0 radical (unpaired) electrons. The van der Waals surface area contributed by atoms with Gasteiger partial charge in [-0.05, 0) is 66.6 Å². The van der Waals surface area contributed by atoms with Crippen LogP contribution in [-0.2, 0) is 0 Å². The normalized spacial score (nSPS) is 22.0. The lowest BCUT2D eigenvalue weighted by atomic mass is 9.75. The summed E-state index contributed by atoms with van der Waals surface area (Å²) in [5, 5.41) is 3.88. The van der Waals surface area contributed by atoms with E-state index in [9.17, 15) is 13.6 Å². The molecule has 0 aromatic heterocycles. The lowest BCUT2D eigenvalue weighted by Crippen LogP contribution is -2.34. The first kappa shape index (κ1) is 18.4. The van der Waals surface area contributed by atoms with Crippen LogP contribution in [0.3, 0.4) is 0 Å². The number of nitrogens with one attached hydrogen (secondary N) is 1. The summed E-state index contributed by atoms with van der Waals surface area (Å²) in [6.45, 7) is 1.23. The maximum atomic E-state index is 13.0. The zero-order valence-corrected chi connectivity index (χ0v) is 15.4. The highest BCUT2D eigenvalue weighted by atomic mass is 127. The number of carbonyl (C=O) groups excluding carboxylic acids is 1. The maximum absolute atomic E-state index is 13.0. The van der Waals surface area contributed by atoms with Gasteiger partial charge < -0.3 is 5.32 Å². The van der Waals surface area contributed by atoms with Crippen LogP contribution in [0, 0.1) is 5.41 Å². The van der Waals surface area contributed by atoms with E-state index >= 15 is 0 Å². The molecule has 1 aromatic rings. The van der Waals surface area contributed by atoms with Crippen LogP contribution in [0.15, 0.2) is 18.2 Å². The van der Waals surface area contributed by atoms with Crippen LogP contribution in [-0.4, -0.2) is 22.8 Å². The predicted molar refractivity (Wildman–Crippen MR) is 93.5 cm³/mol. The molecule has 0 aliphatic carbocycles. The van der Waals surface area contributed by atoms with Crippen LogP contribution in [0.4, 0.5) is 8.78 Å². The number of hydrogen-bond donors (Lipinski definition) is 1. The Morgan fingerprint density at radius 3 is 2.64 bits per heavy atom. The van der Waals surface area contributed by atoms with E-state index in [1.54, 1.807) is 18.2 Å². The van der Waals surface area contributed by atoms with Crippen molar-refractivity contribution in [2.45, 2.75) is 29.6 Å². The highest BCUT2D eigenvalue weighted by molar-refractivity contribution is 14.1. The van der Waals surface area contributed by atoms with Gasteiger partial charge in [-0.25, -0.2) is 0 Å². The van der Waals surface area contributed by atoms with Crippen molar-refractivity contribution in [3.63, 3.8) is 0 Å². The van der Waals surface area contributed by atoms with E-state index in [2.05, 4.69) is 5.32 Å². The molecular formula is C15H16Cl2F2INO. The Morgan fingerprint density at radius 1 is 1.36 bits per heavy atom. The van der Waals surface area contributed by atoms with Gasteiger partial charge in [0.15, 0.2) is 5.78 Å². The minimum absolute atomic E-state index is 0.0483. The number of benzene rings is 1. The zero-order valence-electron chi connectivity index (χ0n) is 11.8. The Hall–Kier alpha value is 0.0200. The van der Waals surface area contributed by atoms with Crippen LogP contribution in [0.1, 0.15) is 36.0 Å². The van der Waals surface area contributed by atoms with Gasteiger partial charge >= 0.3 is 0 Å². The van der Waals surface area contributed by atoms with Gasteiger partial charge in [0.1, 0.15) is 0 Å². The molecule has 7 heteroatoms. The molecule has 1 fully saturated rings. The molecule has 1 unspecified atom stereocenters. The summed E-state index contributed by atoms with van der Waals surface area (Å²) in [5.74, 6) is -0.0483. The van der Waals surface area contributed by atoms with Crippen LogP contribution >= 0.6 is 45.8 Å². The summed E-state index contributed by atoms with van der Waals surface area (Å²) in [5.41, 5.74) is -0.140. The molecule has 0 saturated carbocycles. The van der Waals surface area contributed by atoms with Crippen molar-refractivity contribution >= 4 is 51.6 Å². The first-order valence-corrected chi connectivity index (χ1v) is 8.84. The van der Waals surface area contributed by atoms with E-state index in [1.807, 2.05) is 0 Å². The second-order valence-corrected chi connectivity index (χ2v) is 8.03. The largest absolute Gasteiger partial charge is 0.316 e. The second-order valence-electron chi connectivity index (χ2n) is 5.63. The molecule has 1 heterocycles. The Kier molecular flexibility index (Phi) is 6.07. The van der Waals surface area contributed by atoms with Crippen molar-refractivity contribution in [3.05, 3.63) is 33.8 Å². The van der Waals surface area contributed by atoms with E-state index in [0.717, 1.165) is 22.6 Å². The Morgan fingerprint density at radius 2 is 2.09 bits per heavy atom. The third-order valence-corrected chi connectivity index (χ3v) is 5.30. The fourth-order valence-electron chi connectivity index (χ4n) is 2.84. The minimum atomic E-state index is -2.72. The third-order valence-electron chi connectivity index (χ3n) is 4.02. The van der Waals surface area contributed by atoms with Crippen LogP contribution in [0.2, 0.25) is 10.0 Å².